The third kappa shape index (κ3) is 4.18. The van der Waals surface area contributed by atoms with Gasteiger partial charge in [-0.2, -0.15) is 0 Å². The Morgan fingerprint density at radius 1 is 1.21 bits per heavy atom. The molecule has 0 aliphatic rings. The number of esters is 1. The Labute approximate surface area is 117 Å². The van der Waals surface area contributed by atoms with Gasteiger partial charge in [0, 0.05) is 10.8 Å². The molecule has 0 saturated heterocycles. The van der Waals surface area contributed by atoms with Crippen LogP contribution < -0.4 is 0 Å². The minimum atomic E-state index is -0.932. The number of hydrogen-bond donors (Lipinski definition) is 1. The van der Waals surface area contributed by atoms with Crippen LogP contribution in [0.4, 0.5) is 0 Å². The Bertz CT molecular complexity index is 439. The van der Waals surface area contributed by atoms with Crippen LogP contribution in [0.15, 0.2) is 24.3 Å². The van der Waals surface area contributed by atoms with Crippen molar-refractivity contribution < 1.29 is 19.4 Å². The molecule has 0 aromatic heterocycles. The number of carbonyl (C=O) groups is 1. The highest BCUT2D eigenvalue weighted by molar-refractivity contribution is 6.53. The van der Waals surface area contributed by atoms with E-state index in [2.05, 4.69) is 4.74 Å². The fraction of sp³-hybridized carbons (Fsp3) is 0.364. The minimum Gasteiger partial charge on any atom is -0.465 e. The van der Waals surface area contributed by atoms with Gasteiger partial charge in [-0.1, -0.05) is 12.1 Å². The zero-order valence-corrected chi connectivity index (χ0v) is 12.2. The van der Waals surface area contributed by atoms with Crippen LogP contribution in [-0.2, 0) is 16.1 Å². The van der Waals surface area contributed by atoms with Crippen molar-refractivity contribution in [3.63, 3.8) is 0 Å². The van der Waals surface area contributed by atoms with Crippen molar-refractivity contribution in [3.05, 3.63) is 35.4 Å². The number of benzene rings is 1. The van der Waals surface area contributed by atoms with Crippen LogP contribution in [-0.4, -0.2) is 60.4 Å². The molecular weight excluding hydrogens is 239 g/mol. The Hall–Kier alpha value is -1.13. The van der Waals surface area contributed by atoms with Gasteiger partial charge in [-0.25, -0.2) is 4.79 Å². The maximum absolute atomic E-state index is 11.3. The molecule has 1 aromatic rings. The summed E-state index contributed by atoms with van der Waals surface area (Å²) in [4.78, 5) is 11.3. The second-order valence-corrected chi connectivity index (χ2v) is 5.55. The lowest BCUT2D eigenvalue weighted by atomic mass is 9.42. The van der Waals surface area contributed by atoms with Gasteiger partial charge in [-0.3, -0.25) is 0 Å². The van der Waals surface area contributed by atoms with Gasteiger partial charge in [0.15, 0.2) is 0 Å². The van der Waals surface area contributed by atoms with Gasteiger partial charge in [0.1, 0.15) is 31.4 Å². The molecular formula is C11H18B4O4. The average Bonchev–Trinajstić information content (AvgIpc) is 2.35. The number of ether oxygens (including phenoxy) is 2. The van der Waals surface area contributed by atoms with Crippen molar-refractivity contribution in [2.45, 2.75) is 17.4 Å². The number of aliphatic hydroxyl groups is 1. The lowest BCUT2D eigenvalue weighted by Crippen LogP contribution is -2.58. The summed E-state index contributed by atoms with van der Waals surface area (Å²) >= 11 is 0. The van der Waals surface area contributed by atoms with E-state index in [1.54, 1.807) is 27.8 Å². The van der Waals surface area contributed by atoms with Gasteiger partial charge >= 0.3 is 5.97 Å². The predicted octanol–water partition coefficient (Wildman–Crippen LogP) is -3.18. The summed E-state index contributed by atoms with van der Waals surface area (Å²) in [5.74, 6) is -0.357. The van der Waals surface area contributed by atoms with Crippen LogP contribution in [0.1, 0.15) is 15.9 Å². The molecule has 98 valence electrons. The molecule has 8 heteroatoms. The molecule has 0 aliphatic heterocycles. The lowest BCUT2D eigenvalue weighted by molar-refractivity contribution is -0.0122. The normalized spacial score (nSPS) is 12.1. The molecule has 1 aromatic carbocycles. The average molecular weight is 258 g/mol. The van der Waals surface area contributed by atoms with E-state index in [4.69, 9.17) is 4.74 Å². The van der Waals surface area contributed by atoms with Gasteiger partial charge in [-0.05, 0) is 17.7 Å². The van der Waals surface area contributed by atoms with E-state index in [0.717, 1.165) is 5.56 Å². The smallest absolute Gasteiger partial charge is 0.337 e. The van der Waals surface area contributed by atoms with E-state index in [1.807, 2.05) is 27.8 Å². The van der Waals surface area contributed by atoms with Crippen molar-refractivity contribution >= 4 is 37.4 Å². The topological polar surface area (TPSA) is 55.8 Å². The van der Waals surface area contributed by atoms with E-state index >= 15 is 0 Å². The van der Waals surface area contributed by atoms with Crippen LogP contribution in [0, 0.1) is 0 Å². The molecule has 0 heterocycles. The first-order chi connectivity index (χ1) is 8.67. The number of carbonyl (C=O) groups excluding carboxylic acids is 1. The van der Waals surface area contributed by atoms with Crippen molar-refractivity contribution in [2.75, 3.05) is 7.11 Å². The van der Waals surface area contributed by atoms with Gasteiger partial charge in [0.2, 0.25) is 0 Å². The summed E-state index contributed by atoms with van der Waals surface area (Å²) in [6.07, 6.45) is 0. The standard InChI is InChI=1S/C11H18B4O4/c1-18-9(16)8-4-2-7(3-5-8)6-19-11(14,15)10(12,13)17/h2-5,17H,6,12-15H2,1H3. The molecule has 0 fully saturated rings. The van der Waals surface area contributed by atoms with E-state index in [-0.39, 0.29) is 5.97 Å². The van der Waals surface area contributed by atoms with Crippen molar-refractivity contribution in [3.8, 4) is 0 Å². The van der Waals surface area contributed by atoms with E-state index < -0.39 is 10.8 Å². The van der Waals surface area contributed by atoms with Crippen LogP contribution in [0.5, 0.6) is 0 Å². The molecule has 0 unspecified atom stereocenters. The quantitative estimate of drug-likeness (QED) is 0.446. The summed E-state index contributed by atoms with van der Waals surface area (Å²) in [5, 5.41) is 8.40. The highest BCUT2D eigenvalue weighted by atomic mass is 16.5. The van der Waals surface area contributed by atoms with Crippen LogP contribution in [0.2, 0.25) is 0 Å². The first-order valence-corrected chi connectivity index (χ1v) is 6.21. The third-order valence-corrected chi connectivity index (χ3v) is 3.45. The molecule has 1 rings (SSSR count). The van der Waals surface area contributed by atoms with E-state index in [0.29, 0.717) is 12.2 Å². The summed E-state index contributed by atoms with van der Waals surface area (Å²) in [7, 11) is 8.47. The number of methoxy groups -OCH3 is 1. The molecule has 0 bridgehead atoms. The zero-order valence-electron chi connectivity index (χ0n) is 12.2. The maximum atomic E-state index is 11.3. The second kappa shape index (κ2) is 5.88. The van der Waals surface area contributed by atoms with Gasteiger partial charge in [-0.15, -0.1) is 0 Å². The van der Waals surface area contributed by atoms with Gasteiger partial charge in [0.05, 0.1) is 19.3 Å². The number of rotatable bonds is 5. The molecule has 0 radical (unpaired) electrons. The summed E-state index contributed by atoms with van der Waals surface area (Å²) < 4.78 is 10.4. The van der Waals surface area contributed by atoms with Crippen molar-refractivity contribution in [2.24, 2.45) is 0 Å². The molecule has 0 amide bonds. The molecule has 0 aliphatic carbocycles. The Morgan fingerprint density at radius 3 is 2.16 bits per heavy atom. The Kier molecular flexibility index (Phi) is 4.93. The van der Waals surface area contributed by atoms with Crippen LogP contribution >= 0.6 is 0 Å². The zero-order chi connectivity index (χ0) is 14.7. The fourth-order valence-corrected chi connectivity index (χ4v) is 1.30. The monoisotopic (exact) mass is 258 g/mol. The van der Waals surface area contributed by atoms with Crippen LogP contribution in [0.3, 0.4) is 0 Å². The molecule has 4 nitrogen and oxygen atoms in total. The molecule has 0 saturated carbocycles. The largest absolute Gasteiger partial charge is 0.465 e. The van der Waals surface area contributed by atoms with Gasteiger partial charge < -0.3 is 14.6 Å². The minimum absolute atomic E-state index is 0.357. The summed E-state index contributed by atoms with van der Waals surface area (Å²) in [6, 6.07) is 7.02. The SMILES string of the molecule is BC(B)(O)C(B)(B)OCc1ccc(C(=O)OC)cc1. The fourth-order valence-electron chi connectivity index (χ4n) is 1.30. The first-order valence-electron chi connectivity index (χ1n) is 6.21. The molecule has 19 heavy (non-hydrogen) atoms. The lowest BCUT2D eigenvalue weighted by Gasteiger charge is -2.38. The number of hydrogen-bond acceptors (Lipinski definition) is 4. The van der Waals surface area contributed by atoms with E-state index in [9.17, 15) is 9.90 Å². The highest BCUT2D eigenvalue weighted by Crippen LogP contribution is 2.16. The van der Waals surface area contributed by atoms with Crippen LogP contribution in [0.25, 0.3) is 0 Å². The molecule has 1 N–H and O–H groups in total. The predicted molar refractivity (Wildman–Crippen MR) is 84.4 cm³/mol. The summed E-state index contributed by atoms with van der Waals surface area (Å²) in [6.45, 7) is 0.373. The Balaban J connectivity index is 2.67. The van der Waals surface area contributed by atoms with Crippen molar-refractivity contribution in [1.29, 1.82) is 0 Å². The third-order valence-electron chi connectivity index (χ3n) is 3.45. The Morgan fingerprint density at radius 2 is 1.74 bits per heavy atom. The highest BCUT2D eigenvalue weighted by Gasteiger charge is 2.35. The van der Waals surface area contributed by atoms with Gasteiger partial charge in [0.25, 0.3) is 0 Å². The van der Waals surface area contributed by atoms with Crippen molar-refractivity contribution in [1.82, 2.24) is 0 Å². The summed E-state index contributed by atoms with van der Waals surface area (Å²) in [5.41, 5.74) is 1.44. The molecule has 0 spiro atoms. The second-order valence-electron chi connectivity index (χ2n) is 5.55. The first kappa shape index (κ1) is 15.9. The molecule has 0 atom stereocenters. The maximum Gasteiger partial charge on any atom is 0.337 e. The van der Waals surface area contributed by atoms with E-state index in [1.165, 1.54) is 7.11 Å².